The Labute approximate surface area is 255 Å². The van der Waals surface area contributed by atoms with E-state index in [1.165, 1.54) is 16.9 Å². The van der Waals surface area contributed by atoms with Crippen molar-refractivity contribution in [3.05, 3.63) is 97.2 Å². The van der Waals surface area contributed by atoms with Gasteiger partial charge in [-0.1, -0.05) is 60.0 Å². The van der Waals surface area contributed by atoms with Gasteiger partial charge in [0.2, 0.25) is 0 Å². The zero-order valence-corrected chi connectivity index (χ0v) is 26.0. The first-order valence-corrected chi connectivity index (χ1v) is 15.8. The van der Waals surface area contributed by atoms with Gasteiger partial charge >= 0.3 is 0 Å². The van der Waals surface area contributed by atoms with E-state index >= 15 is 0 Å². The zero-order valence-electron chi connectivity index (χ0n) is 24.4. The summed E-state index contributed by atoms with van der Waals surface area (Å²) in [6.07, 6.45) is 4.79. The summed E-state index contributed by atoms with van der Waals surface area (Å²) in [4.78, 5) is 35.8. The molecule has 2 aliphatic rings. The number of hydrogen-bond acceptors (Lipinski definition) is 5. The van der Waals surface area contributed by atoms with Crippen molar-refractivity contribution in [2.45, 2.75) is 59.0 Å². The third kappa shape index (κ3) is 5.49. The number of thiazole rings is 1. The van der Waals surface area contributed by atoms with Gasteiger partial charge in [-0.2, -0.15) is 0 Å². The van der Waals surface area contributed by atoms with Crippen molar-refractivity contribution in [3.8, 4) is 27.5 Å². The number of fused-ring (bicyclic) bond motifs is 2. The van der Waals surface area contributed by atoms with Crippen molar-refractivity contribution >= 4 is 34.9 Å². The Morgan fingerprint density at radius 2 is 1.81 bits per heavy atom. The minimum Gasteiger partial charge on any atom is -0.335 e. The second-order valence-corrected chi connectivity index (χ2v) is 12.9. The molecule has 2 unspecified atom stereocenters. The van der Waals surface area contributed by atoms with E-state index < -0.39 is 0 Å². The lowest BCUT2D eigenvalue weighted by Gasteiger charge is -2.33. The van der Waals surface area contributed by atoms with E-state index in [2.05, 4.69) is 31.3 Å². The molecule has 0 saturated carbocycles. The Bertz CT molecular complexity index is 1740. The summed E-state index contributed by atoms with van der Waals surface area (Å²) in [5.41, 5.74) is 6.88. The maximum atomic E-state index is 14.5. The number of carbonyl (C=O) groups excluding carboxylic acids is 1. The SMILES string of the molecule is CCc1ccc(Cl)cc1-n1c(C=C(C)C)c(C(=O)N2CC3CCC(C2)N3)cc(-c2nc(-c3ccc(C)cc3)cs2)c1=O. The first-order chi connectivity index (χ1) is 20.2. The molecule has 1 amide bonds. The lowest BCUT2D eigenvalue weighted by molar-refractivity contribution is 0.0696. The van der Waals surface area contributed by atoms with Crippen molar-refractivity contribution in [2.24, 2.45) is 0 Å². The molecule has 0 radical (unpaired) electrons. The molecule has 4 heterocycles. The van der Waals surface area contributed by atoms with Crippen LogP contribution in [0.15, 0.2) is 64.3 Å². The fourth-order valence-electron chi connectivity index (χ4n) is 6.04. The third-order valence-electron chi connectivity index (χ3n) is 8.15. The van der Waals surface area contributed by atoms with E-state index in [0.717, 1.165) is 35.2 Å². The molecule has 42 heavy (non-hydrogen) atoms. The molecule has 6 nitrogen and oxygen atoms in total. The van der Waals surface area contributed by atoms with Crippen LogP contribution in [0.2, 0.25) is 5.02 Å². The van der Waals surface area contributed by atoms with Gasteiger partial charge in [-0.05, 0) is 69.9 Å². The highest BCUT2D eigenvalue weighted by Gasteiger charge is 2.36. The number of piperazine rings is 1. The Morgan fingerprint density at radius 3 is 2.48 bits per heavy atom. The predicted octanol–water partition coefficient (Wildman–Crippen LogP) is 7.15. The van der Waals surface area contributed by atoms with Crippen molar-refractivity contribution < 1.29 is 4.79 Å². The highest BCUT2D eigenvalue weighted by Crippen LogP contribution is 2.32. The number of allylic oxidation sites excluding steroid dienone is 1. The Hall–Kier alpha value is -3.52. The van der Waals surface area contributed by atoms with E-state index in [4.69, 9.17) is 16.6 Å². The van der Waals surface area contributed by atoms with Crippen molar-refractivity contribution in [1.82, 2.24) is 19.8 Å². The molecule has 2 aliphatic heterocycles. The van der Waals surface area contributed by atoms with Crippen molar-refractivity contribution in [3.63, 3.8) is 0 Å². The monoisotopic (exact) mass is 598 g/mol. The molecular weight excluding hydrogens is 564 g/mol. The number of halogens is 1. The van der Waals surface area contributed by atoms with E-state index in [-0.39, 0.29) is 11.5 Å². The first-order valence-electron chi connectivity index (χ1n) is 14.5. The van der Waals surface area contributed by atoms with Gasteiger partial charge < -0.3 is 10.2 Å². The molecule has 4 aromatic rings. The molecule has 2 aromatic carbocycles. The summed E-state index contributed by atoms with van der Waals surface area (Å²) in [6, 6.07) is 16.2. The number of carbonyl (C=O) groups is 1. The maximum Gasteiger partial charge on any atom is 0.265 e. The number of rotatable bonds is 6. The molecule has 6 rings (SSSR count). The number of nitrogens with one attached hydrogen (secondary N) is 1. The second kappa shape index (κ2) is 11.6. The number of amides is 1. The van der Waals surface area contributed by atoms with Gasteiger partial charge in [0.1, 0.15) is 5.01 Å². The average Bonchev–Trinajstić information content (AvgIpc) is 3.59. The van der Waals surface area contributed by atoms with E-state index in [1.54, 1.807) is 10.6 Å². The molecule has 0 aliphatic carbocycles. The van der Waals surface area contributed by atoms with E-state index in [9.17, 15) is 9.59 Å². The average molecular weight is 599 g/mol. The molecule has 2 saturated heterocycles. The van der Waals surface area contributed by atoms with Crippen LogP contribution in [-0.2, 0) is 6.42 Å². The summed E-state index contributed by atoms with van der Waals surface area (Å²) in [5.74, 6) is -0.0636. The summed E-state index contributed by atoms with van der Waals surface area (Å²) < 4.78 is 1.68. The van der Waals surface area contributed by atoms with Gasteiger partial charge in [0, 0.05) is 41.1 Å². The van der Waals surface area contributed by atoms with Crippen LogP contribution in [0.4, 0.5) is 0 Å². The highest BCUT2D eigenvalue weighted by molar-refractivity contribution is 7.13. The molecule has 216 valence electrons. The lowest BCUT2D eigenvalue weighted by atomic mass is 10.0. The van der Waals surface area contributed by atoms with Gasteiger partial charge in [-0.15, -0.1) is 11.3 Å². The fraction of sp³-hybridized carbons (Fsp3) is 0.324. The van der Waals surface area contributed by atoms with E-state index in [0.29, 0.717) is 64.1 Å². The quantitative estimate of drug-likeness (QED) is 0.256. The van der Waals surface area contributed by atoms with Gasteiger partial charge in [0.05, 0.1) is 28.2 Å². The van der Waals surface area contributed by atoms with Crippen LogP contribution in [0, 0.1) is 6.92 Å². The normalized spacial score (nSPS) is 17.9. The summed E-state index contributed by atoms with van der Waals surface area (Å²) in [6.45, 7) is 9.38. The third-order valence-corrected chi connectivity index (χ3v) is 9.26. The predicted molar refractivity (Wildman–Crippen MR) is 173 cm³/mol. The number of benzene rings is 2. The number of aryl methyl sites for hydroxylation is 2. The van der Waals surface area contributed by atoms with Gasteiger partial charge in [0.25, 0.3) is 11.5 Å². The molecule has 2 atom stereocenters. The molecule has 1 N–H and O–H groups in total. The Kier molecular flexibility index (Phi) is 7.92. The van der Waals surface area contributed by atoms with Crippen LogP contribution in [0.1, 0.15) is 60.8 Å². The number of aromatic nitrogens is 2. The molecule has 0 spiro atoms. The van der Waals surface area contributed by atoms with Gasteiger partial charge in [0.15, 0.2) is 0 Å². The minimum absolute atomic E-state index is 0.0636. The molecule has 8 heteroatoms. The topological polar surface area (TPSA) is 67.2 Å². The number of nitrogens with zero attached hydrogens (tertiary/aromatic N) is 3. The van der Waals surface area contributed by atoms with Crippen LogP contribution >= 0.6 is 22.9 Å². The molecule has 2 aromatic heterocycles. The van der Waals surface area contributed by atoms with Crippen LogP contribution in [0.3, 0.4) is 0 Å². The van der Waals surface area contributed by atoms with Gasteiger partial charge in [-0.25, -0.2) is 4.98 Å². The molecular formula is C34H35ClN4O2S. The van der Waals surface area contributed by atoms with Crippen LogP contribution < -0.4 is 10.9 Å². The summed E-state index contributed by atoms with van der Waals surface area (Å²) in [7, 11) is 0. The number of likely N-dealkylation sites (tertiary alicyclic amines) is 1. The molecule has 2 bridgehead atoms. The Balaban J connectivity index is 1.59. The van der Waals surface area contributed by atoms with Crippen LogP contribution in [0.25, 0.3) is 33.6 Å². The summed E-state index contributed by atoms with van der Waals surface area (Å²) in [5, 5.41) is 6.71. The van der Waals surface area contributed by atoms with Crippen LogP contribution in [-0.4, -0.2) is 45.5 Å². The second-order valence-electron chi connectivity index (χ2n) is 11.6. The largest absolute Gasteiger partial charge is 0.335 e. The van der Waals surface area contributed by atoms with Crippen molar-refractivity contribution in [2.75, 3.05) is 13.1 Å². The highest BCUT2D eigenvalue weighted by atomic mass is 35.5. The maximum absolute atomic E-state index is 14.5. The number of pyridine rings is 1. The summed E-state index contributed by atoms with van der Waals surface area (Å²) >= 11 is 7.93. The standard InChI is InChI=1S/C34H35ClN4O2S/c1-5-22-10-11-24(35)15-30(22)39-31(14-20(2)3)27(33(40)38-17-25-12-13-26(18-38)36-25)16-28(34(39)41)32-37-29(19-42-32)23-8-6-21(4)7-9-23/h6-11,14-16,19,25-26,36H,5,12-13,17-18H2,1-4H3. The van der Waals surface area contributed by atoms with Crippen LogP contribution in [0.5, 0.6) is 0 Å². The zero-order chi connectivity index (χ0) is 29.5. The Morgan fingerprint density at radius 1 is 1.10 bits per heavy atom. The van der Waals surface area contributed by atoms with E-state index in [1.807, 2.05) is 60.5 Å². The van der Waals surface area contributed by atoms with Gasteiger partial charge in [-0.3, -0.25) is 14.2 Å². The fourth-order valence-corrected chi connectivity index (χ4v) is 7.04. The molecule has 2 fully saturated rings. The smallest absolute Gasteiger partial charge is 0.265 e. The number of hydrogen-bond donors (Lipinski definition) is 1. The van der Waals surface area contributed by atoms with Crippen molar-refractivity contribution in [1.29, 1.82) is 0 Å². The first kappa shape index (κ1) is 28.6. The minimum atomic E-state index is -0.221. The lowest BCUT2D eigenvalue weighted by Crippen LogP contribution is -2.53.